The number of rotatable bonds is 2. The van der Waals surface area contributed by atoms with Gasteiger partial charge in [-0.05, 0) is 25.0 Å². The number of nitrogens with one attached hydrogen (secondary N) is 2. The van der Waals surface area contributed by atoms with Crippen molar-refractivity contribution in [1.29, 1.82) is 0 Å². The molecule has 5 nitrogen and oxygen atoms in total. The lowest BCUT2D eigenvalue weighted by atomic mass is 10.2. The molecule has 1 aromatic heterocycles. The van der Waals surface area contributed by atoms with E-state index in [0.29, 0.717) is 5.69 Å². The molecule has 2 N–H and O–H groups in total. The van der Waals surface area contributed by atoms with Gasteiger partial charge in [-0.3, -0.25) is 19.7 Å². The van der Waals surface area contributed by atoms with Gasteiger partial charge in [0.1, 0.15) is 5.56 Å². The average molecular weight is 255 g/mol. The Morgan fingerprint density at radius 2 is 2.06 bits per heavy atom. The maximum atomic E-state index is 11.7. The first-order valence-electron chi connectivity index (χ1n) is 5.17. The Kier molecular flexibility index (Phi) is 2.79. The number of hydrogen-bond donors (Lipinski definition) is 2. The van der Waals surface area contributed by atoms with Crippen LogP contribution in [0.1, 0.15) is 35.8 Å². The summed E-state index contributed by atoms with van der Waals surface area (Å²) in [5, 5.41) is 2.04. The lowest BCUT2D eigenvalue weighted by Gasteiger charge is -2.07. The van der Waals surface area contributed by atoms with E-state index in [-0.39, 0.29) is 5.56 Å². The molecule has 0 saturated heterocycles. The SMILES string of the molecule is CC(=O)NC(=O)c1ccc(C2(Cl)CC2)[nH]c1=O. The van der Waals surface area contributed by atoms with E-state index in [2.05, 4.69) is 4.98 Å². The Morgan fingerprint density at radius 3 is 2.53 bits per heavy atom. The first kappa shape index (κ1) is 11.9. The van der Waals surface area contributed by atoms with Crippen LogP contribution in [0.25, 0.3) is 0 Å². The molecule has 0 bridgehead atoms. The second kappa shape index (κ2) is 4.00. The zero-order chi connectivity index (χ0) is 12.6. The molecule has 1 heterocycles. The smallest absolute Gasteiger partial charge is 0.263 e. The van der Waals surface area contributed by atoms with Gasteiger partial charge in [0, 0.05) is 12.6 Å². The standard InChI is InChI=1S/C11H11ClN2O3/c1-6(15)13-9(16)7-2-3-8(14-10(7)17)11(12)4-5-11/h2-3H,4-5H2,1H3,(H,14,17)(H,13,15,16). The van der Waals surface area contributed by atoms with Gasteiger partial charge in [0.2, 0.25) is 5.91 Å². The number of aromatic amines is 1. The quantitative estimate of drug-likeness (QED) is 0.769. The molecule has 2 amide bonds. The second-order valence-corrected chi connectivity index (χ2v) is 4.81. The van der Waals surface area contributed by atoms with E-state index in [1.165, 1.54) is 13.0 Å². The van der Waals surface area contributed by atoms with Gasteiger partial charge >= 0.3 is 0 Å². The minimum absolute atomic E-state index is 0.0927. The van der Waals surface area contributed by atoms with Crippen molar-refractivity contribution in [3.05, 3.63) is 33.7 Å². The highest BCUT2D eigenvalue weighted by Gasteiger charge is 2.43. The third-order valence-electron chi connectivity index (χ3n) is 2.62. The van der Waals surface area contributed by atoms with Gasteiger partial charge in [-0.25, -0.2) is 0 Å². The largest absolute Gasteiger partial charge is 0.324 e. The van der Waals surface area contributed by atoms with Crippen LogP contribution in [0.5, 0.6) is 0 Å². The third kappa shape index (κ3) is 2.39. The Morgan fingerprint density at radius 1 is 1.41 bits per heavy atom. The number of carbonyl (C=O) groups excluding carboxylic acids is 2. The molecular formula is C11H11ClN2O3. The second-order valence-electron chi connectivity index (χ2n) is 4.09. The number of amides is 2. The summed E-state index contributed by atoms with van der Waals surface area (Å²) < 4.78 is 0. The van der Waals surface area contributed by atoms with E-state index >= 15 is 0 Å². The van der Waals surface area contributed by atoms with Gasteiger partial charge in [-0.1, -0.05) is 0 Å². The van der Waals surface area contributed by atoms with Gasteiger partial charge in [-0.2, -0.15) is 0 Å². The van der Waals surface area contributed by atoms with Gasteiger partial charge in [0.15, 0.2) is 0 Å². The van der Waals surface area contributed by atoms with Crippen LogP contribution in [0.4, 0.5) is 0 Å². The number of aromatic nitrogens is 1. The summed E-state index contributed by atoms with van der Waals surface area (Å²) in [6.07, 6.45) is 1.62. The Hall–Kier alpha value is -1.62. The number of pyridine rings is 1. The number of carbonyl (C=O) groups is 2. The minimum atomic E-state index is -0.704. The predicted octanol–water partition coefficient (Wildman–Crippen LogP) is 0.879. The molecule has 90 valence electrons. The molecule has 17 heavy (non-hydrogen) atoms. The molecule has 1 aromatic rings. The van der Waals surface area contributed by atoms with Crippen LogP contribution >= 0.6 is 11.6 Å². The van der Waals surface area contributed by atoms with Crippen LogP contribution in [0.3, 0.4) is 0 Å². The molecule has 1 aliphatic rings. The fraction of sp³-hybridized carbons (Fsp3) is 0.364. The van der Waals surface area contributed by atoms with Crippen molar-refractivity contribution in [3.63, 3.8) is 0 Å². The minimum Gasteiger partial charge on any atom is -0.324 e. The highest BCUT2D eigenvalue weighted by Crippen LogP contribution is 2.50. The number of imide groups is 1. The number of alkyl halides is 1. The molecule has 0 aliphatic heterocycles. The summed E-state index contributed by atoms with van der Waals surface area (Å²) in [6.45, 7) is 1.21. The highest BCUT2D eigenvalue weighted by molar-refractivity contribution is 6.25. The molecule has 0 radical (unpaired) electrons. The predicted molar refractivity (Wildman–Crippen MR) is 62.0 cm³/mol. The zero-order valence-electron chi connectivity index (χ0n) is 9.17. The maximum Gasteiger partial charge on any atom is 0.263 e. The monoisotopic (exact) mass is 254 g/mol. The van der Waals surface area contributed by atoms with Gasteiger partial charge < -0.3 is 4.98 Å². The third-order valence-corrected chi connectivity index (χ3v) is 3.20. The Balaban J connectivity index is 2.29. The van der Waals surface area contributed by atoms with Crippen LogP contribution in [0.15, 0.2) is 16.9 Å². The molecule has 2 rings (SSSR count). The number of H-pyrrole nitrogens is 1. The molecular weight excluding hydrogens is 244 g/mol. The summed E-state index contributed by atoms with van der Waals surface area (Å²) >= 11 is 6.13. The van der Waals surface area contributed by atoms with Crippen molar-refractivity contribution in [3.8, 4) is 0 Å². The Labute approximate surface area is 102 Å². The fourth-order valence-electron chi connectivity index (χ4n) is 1.52. The van der Waals surface area contributed by atoms with E-state index in [1.807, 2.05) is 5.32 Å². The highest BCUT2D eigenvalue weighted by atomic mass is 35.5. The van der Waals surface area contributed by atoms with Crippen LogP contribution < -0.4 is 10.9 Å². The van der Waals surface area contributed by atoms with Crippen LogP contribution in [-0.4, -0.2) is 16.8 Å². The van der Waals surface area contributed by atoms with E-state index in [0.717, 1.165) is 12.8 Å². The van der Waals surface area contributed by atoms with E-state index < -0.39 is 22.2 Å². The summed E-state index contributed by atoms with van der Waals surface area (Å²) in [6, 6.07) is 2.99. The topological polar surface area (TPSA) is 79.0 Å². The van der Waals surface area contributed by atoms with Gasteiger partial charge in [0.25, 0.3) is 11.5 Å². The summed E-state index contributed by atoms with van der Waals surface area (Å²) in [7, 11) is 0. The van der Waals surface area contributed by atoms with Crippen molar-refractivity contribution in [2.75, 3.05) is 0 Å². The van der Waals surface area contributed by atoms with E-state index in [9.17, 15) is 14.4 Å². The molecule has 1 aliphatic carbocycles. The van der Waals surface area contributed by atoms with Crippen LogP contribution in [0, 0.1) is 0 Å². The fourth-order valence-corrected chi connectivity index (χ4v) is 1.72. The van der Waals surface area contributed by atoms with Crippen molar-refractivity contribution in [2.24, 2.45) is 0 Å². The average Bonchev–Trinajstić information content (AvgIpc) is 2.96. The molecule has 0 atom stereocenters. The maximum absolute atomic E-state index is 11.7. The van der Waals surface area contributed by atoms with Crippen molar-refractivity contribution >= 4 is 23.4 Å². The normalized spacial score (nSPS) is 16.4. The molecule has 1 saturated carbocycles. The van der Waals surface area contributed by atoms with Crippen molar-refractivity contribution in [1.82, 2.24) is 10.3 Å². The molecule has 6 heteroatoms. The Bertz CT molecular complexity index is 546. The first-order valence-corrected chi connectivity index (χ1v) is 5.55. The van der Waals surface area contributed by atoms with Gasteiger partial charge in [0.05, 0.1) is 4.87 Å². The summed E-state index contributed by atoms with van der Waals surface area (Å²) in [5.74, 6) is -1.21. The van der Waals surface area contributed by atoms with E-state index in [1.54, 1.807) is 6.07 Å². The molecule has 0 unspecified atom stereocenters. The zero-order valence-corrected chi connectivity index (χ0v) is 9.93. The van der Waals surface area contributed by atoms with Crippen molar-refractivity contribution in [2.45, 2.75) is 24.6 Å². The molecule has 0 aromatic carbocycles. The summed E-state index contributed by atoms with van der Waals surface area (Å²) in [5.41, 5.74) is -0.0124. The summed E-state index contributed by atoms with van der Waals surface area (Å²) in [4.78, 5) is 35.9. The number of hydrogen-bond acceptors (Lipinski definition) is 3. The van der Waals surface area contributed by atoms with Crippen LogP contribution in [-0.2, 0) is 9.67 Å². The lowest BCUT2D eigenvalue weighted by Crippen LogP contribution is -2.33. The number of halogens is 1. The van der Waals surface area contributed by atoms with Crippen molar-refractivity contribution < 1.29 is 9.59 Å². The lowest BCUT2D eigenvalue weighted by molar-refractivity contribution is -0.118. The van der Waals surface area contributed by atoms with E-state index in [4.69, 9.17) is 11.6 Å². The van der Waals surface area contributed by atoms with Gasteiger partial charge in [-0.15, -0.1) is 11.6 Å². The van der Waals surface area contributed by atoms with Crippen LogP contribution in [0.2, 0.25) is 0 Å². The molecule has 1 fully saturated rings. The molecule has 0 spiro atoms. The first-order chi connectivity index (χ1) is 7.92.